The molecule has 1 rings (SSSR count). The highest BCUT2D eigenvalue weighted by Gasteiger charge is 2.38. The minimum absolute atomic E-state index is 0.00368. The third kappa shape index (κ3) is 2.47. The van der Waals surface area contributed by atoms with Crippen LogP contribution in [-0.4, -0.2) is 31.0 Å². The summed E-state index contributed by atoms with van der Waals surface area (Å²) in [5, 5.41) is 8.93. The lowest BCUT2D eigenvalue weighted by atomic mass is 9.82. The van der Waals surface area contributed by atoms with Crippen molar-refractivity contribution >= 4 is 15.8 Å². The highest BCUT2D eigenvalue weighted by Crippen LogP contribution is 2.31. The van der Waals surface area contributed by atoms with Crippen molar-refractivity contribution in [1.82, 2.24) is 0 Å². The highest BCUT2D eigenvalue weighted by molar-refractivity contribution is 7.91. The Morgan fingerprint density at radius 3 is 2.43 bits per heavy atom. The van der Waals surface area contributed by atoms with Gasteiger partial charge in [0.2, 0.25) is 0 Å². The van der Waals surface area contributed by atoms with Crippen molar-refractivity contribution in [2.24, 2.45) is 17.8 Å². The van der Waals surface area contributed by atoms with E-state index in [0.717, 1.165) is 0 Å². The average Bonchev–Trinajstić information content (AvgIpc) is 2.01. The van der Waals surface area contributed by atoms with Crippen LogP contribution in [0.3, 0.4) is 0 Å². The standard InChI is InChI=1S/C9H16O4S/c1-6(2)7-3-4-14(12,13)5-8(7)9(10)11/h6-8H,3-5H2,1-2H3,(H,10,11). The summed E-state index contributed by atoms with van der Waals surface area (Å²) < 4.78 is 22.5. The molecule has 0 spiro atoms. The molecule has 0 radical (unpaired) electrons. The molecule has 0 aromatic carbocycles. The summed E-state index contributed by atoms with van der Waals surface area (Å²) in [6, 6.07) is 0. The smallest absolute Gasteiger partial charge is 0.307 e. The average molecular weight is 220 g/mol. The van der Waals surface area contributed by atoms with E-state index in [1.54, 1.807) is 0 Å². The lowest BCUT2D eigenvalue weighted by Crippen LogP contribution is -2.39. The first-order valence-corrected chi connectivity index (χ1v) is 6.59. The lowest BCUT2D eigenvalue weighted by molar-refractivity contribution is -0.143. The molecule has 0 saturated carbocycles. The summed E-state index contributed by atoms with van der Waals surface area (Å²) in [6.07, 6.45) is 0.483. The van der Waals surface area contributed by atoms with Gasteiger partial charge in [-0.1, -0.05) is 13.8 Å². The van der Waals surface area contributed by atoms with Crippen molar-refractivity contribution in [3.63, 3.8) is 0 Å². The molecule has 1 fully saturated rings. The van der Waals surface area contributed by atoms with Crippen LogP contribution in [0.5, 0.6) is 0 Å². The number of hydrogen-bond acceptors (Lipinski definition) is 3. The summed E-state index contributed by atoms with van der Waals surface area (Å²) in [7, 11) is -3.12. The Bertz CT molecular complexity index is 318. The maximum atomic E-state index is 11.3. The largest absolute Gasteiger partial charge is 0.481 e. The molecule has 4 nitrogen and oxygen atoms in total. The zero-order valence-corrected chi connectivity index (χ0v) is 9.25. The van der Waals surface area contributed by atoms with Crippen molar-refractivity contribution in [1.29, 1.82) is 0 Å². The maximum Gasteiger partial charge on any atom is 0.307 e. The second kappa shape index (κ2) is 3.88. The van der Waals surface area contributed by atoms with Crippen LogP contribution in [0, 0.1) is 17.8 Å². The van der Waals surface area contributed by atoms with Crippen molar-refractivity contribution in [2.75, 3.05) is 11.5 Å². The fourth-order valence-corrected chi connectivity index (χ4v) is 3.78. The zero-order valence-electron chi connectivity index (χ0n) is 8.43. The number of aliphatic carboxylic acids is 1. The van der Waals surface area contributed by atoms with Crippen LogP contribution in [0.2, 0.25) is 0 Å². The van der Waals surface area contributed by atoms with Gasteiger partial charge in [0, 0.05) is 0 Å². The Labute approximate surface area is 84.2 Å². The van der Waals surface area contributed by atoms with Gasteiger partial charge in [0.25, 0.3) is 0 Å². The molecule has 0 amide bonds. The molecule has 2 atom stereocenters. The van der Waals surface area contributed by atoms with Crippen LogP contribution in [0.1, 0.15) is 20.3 Å². The summed E-state index contributed by atoms with van der Waals surface area (Å²) in [5.41, 5.74) is 0. The first-order chi connectivity index (χ1) is 6.33. The molecule has 82 valence electrons. The van der Waals surface area contributed by atoms with E-state index < -0.39 is 21.7 Å². The molecule has 1 aliphatic rings. The number of carboxylic acid groups (broad SMARTS) is 1. The molecule has 1 aliphatic heterocycles. The molecular formula is C9H16O4S. The Kier molecular flexibility index (Phi) is 3.19. The van der Waals surface area contributed by atoms with E-state index in [4.69, 9.17) is 5.11 Å². The van der Waals surface area contributed by atoms with Gasteiger partial charge in [-0.15, -0.1) is 0 Å². The van der Waals surface area contributed by atoms with E-state index in [1.807, 2.05) is 13.8 Å². The summed E-state index contributed by atoms with van der Waals surface area (Å²) >= 11 is 0. The van der Waals surface area contributed by atoms with E-state index in [9.17, 15) is 13.2 Å². The number of rotatable bonds is 2. The molecule has 0 aliphatic carbocycles. The van der Waals surface area contributed by atoms with Crippen LogP contribution in [-0.2, 0) is 14.6 Å². The SMILES string of the molecule is CC(C)C1CCS(=O)(=O)CC1C(=O)O. The van der Waals surface area contributed by atoms with E-state index >= 15 is 0 Å². The predicted octanol–water partition coefficient (Wildman–Crippen LogP) is 0.778. The van der Waals surface area contributed by atoms with Crippen molar-refractivity contribution in [3.05, 3.63) is 0 Å². The zero-order chi connectivity index (χ0) is 10.9. The van der Waals surface area contributed by atoms with Gasteiger partial charge in [-0.05, 0) is 18.3 Å². The van der Waals surface area contributed by atoms with Crippen molar-refractivity contribution < 1.29 is 18.3 Å². The van der Waals surface area contributed by atoms with Gasteiger partial charge in [-0.2, -0.15) is 0 Å². The molecule has 5 heteroatoms. The predicted molar refractivity (Wildman–Crippen MR) is 52.7 cm³/mol. The molecule has 1 heterocycles. The van der Waals surface area contributed by atoms with Gasteiger partial charge in [0.1, 0.15) is 0 Å². The molecule has 1 N–H and O–H groups in total. The van der Waals surface area contributed by atoms with Crippen molar-refractivity contribution in [2.45, 2.75) is 20.3 Å². The molecular weight excluding hydrogens is 204 g/mol. The third-order valence-corrected chi connectivity index (χ3v) is 4.61. The van der Waals surface area contributed by atoms with Gasteiger partial charge in [-0.25, -0.2) is 8.42 Å². The summed E-state index contributed by atoms with van der Waals surface area (Å²) in [6.45, 7) is 3.89. The van der Waals surface area contributed by atoms with Gasteiger partial charge < -0.3 is 5.11 Å². The minimum Gasteiger partial charge on any atom is -0.481 e. The normalized spacial score (nSPS) is 31.6. The summed E-state index contributed by atoms with van der Waals surface area (Å²) in [5.74, 6) is -1.52. The topological polar surface area (TPSA) is 71.4 Å². The fourth-order valence-electron chi connectivity index (χ4n) is 2.05. The monoisotopic (exact) mass is 220 g/mol. The second-order valence-electron chi connectivity index (χ2n) is 4.26. The van der Waals surface area contributed by atoms with E-state index in [1.165, 1.54) is 0 Å². The number of carbonyl (C=O) groups is 1. The molecule has 2 unspecified atom stereocenters. The van der Waals surface area contributed by atoms with Gasteiger partial charge in [0.05, 0.1) is 17.4 Å². The van der Waals surface area contributed by atoms with Gasteiger partial charge >= 0.3 is 5.97 Å². The maximum absolute atomic E-state index is 11.3. The van der Waals surface area contributed by atoms with Crippen LogP contribution >= 0.6 is 0 Å². The second-order valence-corrected chi connectivity index (χ2v) is 6.48. The van der Waals surface area contributed by atoms with Crippen LogP contribution in [0.25, 0.3) is 0 Å². The van der Waals surface area contributed by atoms with E-state index in [2.05, 4.69) is 0 Å². The molecule has 0 aromatic rings. The quantitative estimate of drug-likeness (QED) is 0.746. The Hall–Kier alpha value is -0.580. The number of sulfone groups is 1. The van der Waals surface area contributed by atoms with Crippen LogP contribution < -0.4 is 0 Å². The fraction of sp³-hybridized carbons (Fsp3) is 0.889. The molecule has 14 heavy (non-hydrogen) atoms. The van der Waals surface area contributed by atoms with Gasteiger partial charge in [-0.3, -0.25) is 4.79 Å². The first kappa shape index (κ1) is 11.5. The lowest BCUT2D eigenvalue weighted by Gasteiger charge is -2.31. The van der Waals surface area contributed by atoms with Crippen LogP contribution in [0.15, 0.2) is 0 Å². The Morgan fingerprint density at radius 1 is 1.43 bits per heavy atom. The first-order valence-electron chi connectivity index (χ1n) is 4.76. The molecule has 1 saturated heterocycles. The minimum atomic E-state index is -3.12. The third-order valence-electron chi connectivity index (χ3n) is 2.89. The molecule has 0 bridgehead atoms. The van der Waals surface area contributed by atoms with Gasteiger partial charge in [0.15, 0.2) is 9.84 Å². The summed E-state index contributed by atoms with van der Waals surface area (Å²) in [4.78, 5) is 10.9. The van der Waals surface area contributed by atoms with Crippen LogP contribution in [0.4, 0.5) is 0 Å². The van der Waals surface area contributed by atoms with E-state index in [0.29, 0.717) is 6.42 Å². The highest BCUT2D eigenvalue weighted by atomic mass is 32.2. The van der Waals surface area contributed by atoms with Crippen molar-refractivity contribution in [3.8, 4) is 0 Å². The Morgan fingerprint density at radius 2 is 2.00 bits per heavy atom. The van der Waals surface area contributed by atoms with E-state index in [-0.39, 0.29) is 23.3 Å². The number of hydrogen-bond donors (Lipinski definition) is 1. The number of carboxylic acids is 1. The molecule has 0 aromatic heterocycles. The Balaban J connectivity index is 2.87.